The molecule has 1 aliphatic rings. The van der Waals surface area contributed by atoms with E-state index in [2.05, 4.69) is 43.5 Å². The molecule has 0 amide bonds. The van der Waals surface area contributed by atoms with E-state index in [1.54, 1.807) is 0 Å². The minimum Gasteiger partial charge on any atom is -0.347 e. The van der Waals surface area contributed by atoms with Gasteiger partial charge < -0.3 is 9.47 Å². The standard InChI is InChI=1S/C14H22N2O/c1-10-8-12-13(6-5-7-14(12)17)16(10)9-11(2)15(3)4/h8,11H,5-7,9H2,1-4H3. The van der Waals surface area contributed by atoms with Gasteiger partial charge in [-0.1, -0.05) is 0 Å². The van der Waals surface area contributed by atoms with Crippen LogP contribution in [0.15, 0.2) is 6.07 Å². The van der Waals surface area contributed by atoms with Crippen molar-refractivity contribution < 1.29 is 4.79 Å². The fourth-order valence-corrected chi connectivity index (χ4v) is 2.47. The van der Waals surface area contributed by atoms with Crippen molar-refractivity contribution in [3.63, 3.8) is 0 Å². The molecule has 1 aromatic rings. The quantitative estimate of drug-likeness (QED) is 0.801. The summed E-state index contributed by atoms with van der Waals surface area (Å²) in [6.07, 6.45) is 2.78. The molecule has 2 rings (SSSR count). The Bertz CT molecular complexity index is 432. The lowest BCUT2D eigenvalue weighted by Gasteiger charge is -2.24. The Morgan fingerprint density at radius 2 is 2.12 bits per heavy atom. The van der Waals surface area contributed by atoms with Crippen molar-refractivity contribution in [1.82, 2.24) is 9.47 Å². The molecular weight excluding hydrogens is 212 g/mol. The maximum Gasteiger partial charge on any atom is 0.164 e. The number of carbonyl (C=O) groups is 1. The highest BCUT2D eigenvalue weighted by Crippen LogP contribution is 2.25. The Hall–Kier alpha value is -1.09. The molecule has 1 heterocycles. The second kappa shape index (κ2) is 4.65. The van der Waals surface area contributed by atoms with Crippen LogP contribution in [0.1, 0.15) is 41.5 Å². The summed E-state index contributed by atoms with van der Waals surface area (Å²) in [7, 11) is 4.20. The van der Waals surface area contributed by atoms with Crippen LogP contribution in [0.5, 0.6) is 0 Å². The summed E-state index contributed by atoms with van der Waals surface area (Å²) in [6, 6.07) is 2.56. The number of likely N-dealkylation sites (N-methyl/N-ethyl adjacent to an activating group) is 1. The van der Waals surface area contributed by atoms with E-state index in [0.717, 1.165) is 31.4 Å². The average molecular weight is 234 g/mol. The summed E-state index contributed by atoms with van der Waals surface area (Å²) in [5.74, 6) is 0.325. The Morgan fingerprint density at radius 1 is 1.41 bits per heavy atom. The van der Waals surface area contributed by atoms with Gasteiger partial charge in [0.05, 0.1) is 0 Å². The molecule has 0 aliphatic heterocycles. The zero-order valence-electron chi connectivity index (χ0n) is 11.3. The molecule has 0 saturated heterocycles. The number of ketones is 1. The van der Waals surface area contributed by atoms with E-state index >= 15 is 0 Å². The van der Waals surface area contributed by atoms with Gasteiger partial charge in [0.15, 0.2) is 5.78 Å². The van der Waals surface area contributed by atoms with E-state index in [4.69, 9.17) is 0 Å². The highest BCUT2D eigenvalue weighted by atomic mass is 16.1. The predicted octanol–water partition coefficient (Wildman–Crippen LogP) is 2.27. The monoisotopic (exact) mass is 234 g/mol. The summed E-state index contributed by atoms with van der Waals surface area (Å²) in [5.41, 5.74) is 3.45. The summed E-state index contributed by atoms with van der Waals surface area (Å²) in [4.78, 5) is 14.1. The number of nitrogens with zero attached hydrogens (tertiary/aromatic N) is 2. The largest absolute Gasteiger partial charge is 0.347 e. The zero-order chi connectivity index (χ0) is 12.6. The molecular formula is C14H22N2O. The molecule has 1 aromatic heterocycles. The van der Waals surface area contributed by atoms with Gasteiger partial charge in [-0.05, 0) is 46.9 Å². The summed E-state index contributed by atoms with van der Waals surface area (Å²) in [5, 5.41) is 0. The SMILES string of the molecule is Cc1cc2c(n1CC(C)N(C)C)CCCC2=O. The molecule has 1 unspecified atom stereocenters. The van der Waals surface area contributed by atoms with Crippen LogP contribution in [-0.4, -0.2) is 35.4 Å². The predicted molar refractivity (Wildman–Crippen MR) is 69.6 cm³/mol. The third-order valence-electron chi connectivity index (χ3n) is 3.86. The van der Waals surface area contributed by atoms with Crippen molar-refractivity contribution in [2.75, 3.05) is 14.1 Å². The summed E-state index contributed by atoms with van der Waals surface area (Å²) < 4.78 is 2.33. The van der Waals surface area contributed by atoms with Crippen molar-refractivity contribution in [2.24, 2.45) is 0 Å². The summed E-state index contributed by atoms with van der Waals surface area (Å²) in [6.45, 7) is 5.30. The number of hydrogen-bond donors (Lipinski definition) is 0. The van der Waals surface area contributed by atoms with Crippen LogP contribution >= 0.6 is 0 Å². The lowest BCUT2D eigenvalue weighted by molar-refractivity contribution is 0.0971. The van der Waals surface area contributed by atoms with E-state index < -0.39 is 0 Å². The van der Waals surface area contributed by atoms with E-state index in [-0.39, 0.29) is 0 Å². The fraction of sp³-hybridized carbons (Fsp3) is 0.643. The molecule has 1 atom stereocenters. The van der Waals surface area contributed by atoms with Crippen LogP contribution in [0.3, 0.4) is 0 Å². The Labute approximate surface area is 103 Å². The molecule has 0 aromatic carbocycles. The fourth-order valence-electron chi connectivity index (χ4n) is 2.47. The van der Waals surface area contributed by atoms with E-state index in [9.17, 15) is 4.79 Å². The van der Waals surface area contributed by atoms with Crippen LogP contribution in [-0.2, 0) is 13.0 Å². The lowest BCUT2D eigenvalue weighted by atomic mass is 9.96. The minimum absolute atomic E-state index is 0.325. The highest BCUT2D eigenvalue weighted by molar-refractivity contribution is 5.98. The smallest absolute Gasteiger partial charge is 0.164 e. The van der Waals surface area contributed by atoms with Crippen LogP contribution in [0, 0.1) is 6.92 Å². The average Bonchev–Trinajstić information content (AvgIpc) is 2.58. The van der Waals surface area contributed by atoms with Gasteiger partial charge in [-0.3, -0.25) is 4.79 Å². The number of Topliss-reactive ketones (excluding diaryl/α,β-unsaturated/α-hetero) is 1. The van der Waals surface area contributed by atoms with Crippen molar-refractivity contribution in [1.29, 1.82) is 0 Å². The van der Waals surface area contributed by atoms with Crippen LogP contribution in [0.4, 0.5) is 0 Å². The molecule has 1 aliphatic carbocycles. The highest BCUT2D eigenvalue weighted by Gasteiger charge is 2.23. The van der Waals surface area contributed by atoms with Gasteiger partial charge in [0.1, 0.15) is 0 Å². The lowest BCUT2D eigenvalue weighted by Crippen LogP contribution is -2.30. The van der Waals surface area contributed by atoms with Gasteiger partial charge in [-0.15, -0.1) is 0 Å². The van der Waals surface area contributed by atoms with E-state index in [1.807, 2.05) is 0 Å². The van der Waals surface area contributed by atoms with Crippen LogP contribution in [0.25, 0.3) is 0 Å². The minimum atomic E-state index is 0.325. The first-order valence-electron chi connectivity index (χ1n) is 6.39. The van der Waals surface area contributed by atoms with E-state index in [1.165, 1.54) is 11.4 Å². The zero-order valence-corrected chi connectivity index (χ0v) is 11.3. The molecule has 3 nitrogen and oxygen atoms in total. The van der Waals surface area contributed by atoms with Crippen LogP contribution in [0.2, 0.25) is 0 Å². The van der Waals surface area contributed by atoms with Gasteiger partial charge >= 0.3 is 0 Å². The van der Waals surface area contributed by atoms with Crippen molar-refractivity contribution in [2.45, 2.75) is 45.7 Å². The van der Waals surface area contributed by atoms with Gasteiger partial charge in [0.25, 0.3) is 0 Å². The molecule has 3 heteroatoms. The first kappa shape index (κ1) is 12.4. The van der Waals surface area contributed by atoms with Gasteiger partial charge in [0, 0.05) is 36.0 Å². The normalized spacial score (nSPS) is 17.4. The molecule has 0 spiro atoms. The number of aryl methyl sites for hydroxylation is 1. The summed E-state index contributed by atoms with van der Waals surface area (Å²) >= 11 is 0. The van der Waals surface area contributed by atoms with Crippen molar-refractivity contribution in [3.8, 4) is 0 Å². The topological polar surface area (TPSA) is 25.2 Å². The molecule has 94 valence electrons. The maximum absolute atomic E-state index is 11.8. The van der Waals surface area contributed by atoms with Gasteiger partial charge in [-0.25, -0.2) is 0 Å². The molecule has 0 fully saturated rings. The molecule has 17 heavy (non-hydrogen) atoms. The number of rotatable bonds is 3. The number of aromatic nitrogens is 1. The molecule has 0 bridgehead atoms. The van der Waals surface area contributed by atoms with Crippen molar-refractivity contribution in [3.05, 3.63) is 23.0 Å². The second-order valence-corrected chi connectivity index (χ2v) is 5.35. The molecule has 0 N–H and O–H groups in total. The Morgan fingerprint density at radius 3 is 2.76 bits per heavy atom. The first-order valence-corrected chi connectivity index (χ1v) is 6.39. The maximum atomic E-state index is 11.8. The van der Waals surface area contributed by atoms with Gasteiger partial charge in [-0.2, -0.15) is 0 Å². The third-order valence-corrected chi connectivity index (χ3v) is 3.86. The van der Waals surface area contributed by atoms with Crippen molar-refractivity contribution >= 4 is 5.78 Å². The first-order chi connectivity index (χ1) is 8.00. The second-order valence-electron chi connectivity index (χ2n) is 5.35. The Balaban J connectivity index is 2.31. The Kier molecular flexibility index (Phi) is 3.38. The number of fused-ring (bicyclic) bond motifs is 1. The molecule has 0 saturated carbocycles. The molecule has 0 radical (unpaired) electrons. The van der Waals surface area contributed by atoms with E-state index in [0.29, 0.717) is 11.8 Å². The number of carbonyl (C=O) groups excluding carboxylic acids is 1. The van der Waals surface area contributed by atoms with Gasteiger partial charge in [0.2, 0.25) is 0 Å². The van der Waals surface area contributed by atoms with Crippen LogP contribution < -0.4 is 0 Å². The number of hydrogen-bond acceptors (Lipinski definition) is 2. The third kappa shape index (κ3) is 2.29.